The van der Waals surface area contributed by atoms with Crippen molar-refractivity contribution in [1.29, 1.82) is 0 Å². The summed E-state index contributed by atoms with van der Waals surface area (Å²) in [5, 5.41) is 0. The fourth-order valence-corrected chi connectivity index (χ4v) is 4.50. The topological polar surface area (TPSA) is 51.5 Å². The lowest BCUT2D eigenvalue weighted by atomic mass is 10.2. The van der Waals surface area contributed by atoms with Crippen LogP contribution in [0, 0.1) is 0 Å². The lowest BCUT2D eigenvalue weighted by Gasteiger charge is -2.21. The Morgan fingerprint density at radius 2 is 1.65 bits per heavy atom. The number of ether oxygens (including phenoxy) is 1. The second-order valence-corrected chi connectivity index (χ2v) is 7.68. The first-order chi connectivity index (χ1) is 11.1. The molecule has 0 saturated carbocycles. The van der Waals surface area contributed by atoms with E-state index in [1.54, 1.807) is 29.6 Å². The van der Waals surface area contributed by atoms with Crippen molar-refractivity contribution in [1.82, 2.24) is 8.87 Å². The van der Waals surface area contributed by atoms with Crippen LogP contribution in [-0.4, -0.2) is 37.5 Å². The zero-order chi connectivity index (χ0) is 16.3. The summed E-state index contributed by atoms with van der Waals surface area (Å²) in [6.45, 7) is 1.21. The molecule has 0 amide bonds. The third-order valence-electron chi connectivity index (χ3n) is 4.24. The molecule has 5 nitrogen and oxygen atoms in total. The Morgan fingerprint density at radius 3 is 2.26 bits per heavy atom. The van der Waals surface area contributed by atoms with Crippen molar-refractivity contribution < 1.29 is 13.2 Å². The van der Waals surface area contributed by atoms with E-state index in [2.05, 4.69) is 0 Å². The maximum absolute atomic E-state index is 12.9. The minimum atomic E-state index is -3.46. The van der Waals surface area contributed by atoms with E-state index in [4.69, 9.17) is 4.74 Å². The molecule has 3 rings (SSSR count). The molecule has 0 spiro atoms. The number of benzene rings is 1. The molecule has 1 saturated heterocycles. The van der Waals surface area contributed by atoms with Crippen molar-refractivity contribution in [2.45, 2.75) is 30.6 Å². The molecule has 23 heavy (non-hydrogen) atoms. The maximum Gasteiger partial charge on any atom is 0.243 e. The fourth-order valence-electron chi connectivity index (χ4n) is 2.96. The summed E-state index contributed by atoms with van der Waals surface area (Å²) in [6, 6.07) is 8.84. The van der Waals surface area contributed by atoms with Gasteiger partial charge in [0.2, 0.25) is 10.0 Å². The molecule has 0 unspecified atom stereocenters. The molecule has 1 aliphatic rings. The number of rotatable bonds is 4. The zero-order valence-electron chi connectivity index (χ0n) is 13.3. The van der Waals surface area contributed by atoms with Crippen molar-refractivity contribution in [3.05, 3.63) is 42.7 Å². The lowest BCUT2D eigenvalue weighted by Crippen LogP contribution is -2.32. The van der Waals surface area contributed by atoms with Gasteiger partial charge >= 0.3 is 0 Å². The number of nitrogens with zero attached hydrogens (tertiary/aromatic N) is 2. The normalized spacial score (nSPS) is 16.9. The highest BCUT2D eigenvalue weighted by Gasteiger charge is 2.26. The van der Waals surface area contributed by atoms with Gasteiger partial charge in [-0.05, 0) is 43.2 Å². The van der Waals surface area contributed by atoms with Crippen LogP contribution in [0.2, 0.25) is 0 Å². The molecule has 6 heteroatoms. The van der Waals surface area contributed by atoms with Crippen LogP contribution >= 0.6 is 0 Å². The Hall–Kier alpha value is -1.79. The van der Waals surface area contributed by atoms with Gasteiger partial charge in [-0.15, -0.1) is 0 Å². The third-order valence-corrected chi connectivity index (χ3v) is 6.13. The number of methoxy groups -OCH3 is 1. The van der Waals surface area contributed by atoms with Crippen molar-refractivity contribution in [2.75, 3.05) is 20.2 Å². The molecule has 1 aliphatic heterocycles. The van der Waals surface area contributed by atoms with Crippen LogP contribution in [0.1, 0.15) is 25.7 Å². The average molecular weight is 334 g/mol. The largest absolute Gasteiger partial charge is 0.495 e. The summed E-state index contributed by atoms with van der Waals surface area (Å²) in [5.41, 5.74) is 0.730. The van der Waals surface area contributed by atoms with Crippen molar-refractivity contribution >= 4 is 10.0 Å². The van der Waals surface area contributed by atoms with Crippen LogP contribution in [0.5, 0.6) is 5.75 Å². The van der Waals surface area contributed by atoms with Crippen molar-refractivity contribution in [3.63, 3.8) is 0 Å². The Kier molecular flexibility index (Phi) is 4.73. The zero-order valence-corrected chi connectivity index (χ0v) is 14.1. The summed E-state index contributed by atoms with van der Waals surface area (Å²) in [5.74, 6) is 0.649. The molecule has 2 heterocycles. The first kappa shape index (κ1) is 16.1. The minimum Gasteiger partial charge on any atom is -0.495 e. The summed E-state index contributed by atoms with van der Waals surface area (Å²) in [7, 11) is -1.87. The molecular weight excluding hydrogens is 312 g/mol. The first-order valence-corrected chi connectivity index (χ1v) is 9.38. The maximum atomic E-state index is 12.9. The predicted octanol–water partition coefficient (Wildman–Crippen LogP) is 3.05. The molecule has 1 fully saturated rings. The van der Waals surface area contributed by atoms with Gasteiger partial charge in [-0.2, -0.15) is 4.31 Å². The minimum absolute atomic E-state index is 0.323. The average Bonchev–Trinajstić information content (AvgIpc) is 2.95. The summed E-state index contributed by atoms with van der Waals surface area (Å²) in [6.07, 6.45) is 7.81. The van der Waals surface area contributed by atoms with Crippen LogP contribution in [0.4, 0.5) is 0 Å². The van der Waals surface area contributed by atoms with Crippen LogP contribution in [-0.2, 0) is 10.0 Å². The highest BCUT2D eigenvalue weighted by molar-refractivity contribution is 7.89. The van der Waals surface area contributed by atoms with E-state index in [-0.39, 0.29) is 0 Å². The number of hydrogen-bond acceptors (Lipinski definition) is 3. The van der Waals surface area contributed by atoms with Crippen LogP contribution < -0.4 is 4.74 Å². The van der Waals surface area contributed by atoms with Crippen LogP contribution in [0.15, 0.2) is 47.6 Å². The van der Waals surface area contributed by atoms with E-state index in [0.29, 0.717) is 23.7 Å². The van der Waals surface area contributed by atoms with Gasteiger partial charge in [-0.25, -0.2) is 8.42 Å². The number of sulfonamides is 1. The van der Waals surface area contributed by atoms with Gasteiger partial charge < -0.3 is 9.30 Å². The van der Waals surface area contributed by atoms with E-state index in [1.807, 2.05) is 29.1 Å². The van der Waals surface area contributed by atoms with E-state index in [9.17, 15) is 8.42 Å². The Morgan fingerprint density at radius 1 is 1.00 bits per heavy atom. The van der Waals surface area contributed by atoms with Crippen molar-refractivity contribution in [2.24, 2.45) is 0 Å². The molecule has 0 aliphatic carbocycles. The SMILES string of the molecule is COc1ccc(S(=O)(=O)N2CCCCCC2)cc1-n1cccc1. The molecule has 1 aromatic carbocycles. The molecule has 124 valence electrons. The highest BCUT2D eigenvalue weighted by atomic mass is 32.2. The smallest absolute Gasteiger partial charge is 0.243 e. The summed E-state index contributed by atoms with van der Waals surface area (Å²) < 4.78 is 34.7. The molecule has 2 aromatic rings. The lowest BCUT2D eigenvalue weighted by molar-refractivity contribution is 0.411. The molecule has 0 N–H and O–H groups in total. The molecule has 0 radical (unpaired) electrons. The van der Waals surface area contributed by atoms with E-state index < -0.39 is 10.0 Å². The molecule has 1 aromatic heterocycles. The standard InChI is InChI=1S/C17H22N2O3S/c1-22-17-9-8-15(14-16(17)18-10-6-7-11-18)23(20,21)19-12-4-2-3-5-13-19/h6-11,14H,2-5,12-13H2,1H3. The fraction of sp³-hybridized carbons (Fsp3) is 0.412. The second-order valence-electron chi connectivity index (χ2n) is 5.74. The van der Waals surface area contributed by atoms with Gasteiger partial charge in [-0.3, -0.25) is 0 Å². The summed E-state index contributed by atoms with van der Waals surface area (Å²) in [4.78, 5) is 0.323. The quantitative estimate of drug-likeness (QED) is 0.863. The van der Waals surface area contributed by atoms with Gasteiger partial charge in [0.15, 0.2) is 0 Å². The van der Waals surface area contributed by atoms with E-state index >= 15 is 0 Å². The van der Waals surface area contributed by atoms with Gasteiger partial charge in [0.25, 0.3) is 0 Å². The van der Waals surface area contributed by atoms with Crippen LogP contribution in [0.3, 0.4) is 0 Å². The van der Waals surface area contributed by atoms with Crippen molar-refractivity contribution in [3.8, 4) is 11.4 Å². The number of hydrogen-bond donors (Lipinski definition) is 0. The molecule has 0 bridgehead atoms. The van der Waals surface area contributed by atoms with Gasteiger partial charge in [0.1, 0.15) is 5.75 Å². The molecule has 0 atom stereocenters. The predicted molar refractivity (Wildman–Crippen MR) is 89.5 cm³/mol. The highest BCUT2D eigenvalue weighted by Crippen LogP contribution is 2.28. The first-order valence-electron chi connectivity index (χ1n) is 7.94. The monoisotopic (exact) mass is 334 g/mol. The Bertz CT molecular complexity index is 746. The van der Waals surface area contributed by atoms with Gasteiger partial charge in [0, 0.05) is 25.5 Å². The van der Waals surface area contributed by atoms with E-state index in [1.165, 1.54) is 0 Å². The second kappa shape index (κ2) is 6.76. The number of aromatic nitrogens is 1. The van der Waals surface area contributed by atoms with Crippen LogP contribution in [0.25, 0.3) is 5.69 Å². The summed E-state index contributed by atoms with van der Waals surface area (Å²) >= 11 is 0. The van der Waals surface area contributed by atoms with E-state index in [0.717, 1.165) is 31.4 Å². The Labute approximate surface area is 137 Å². The van der Waals surface area contributed by atoms with Gasteiger partial charge in [0.05, 0.1) is 17.7 Å². The van der Waals surface area contributed by atoms with Gasteiger partial charge in [-0.1, -0.05) is 12.8 Å². The third kappa shape index (κ3) is 3.28. The molecular formula is C17H22N2O3S. The Balaban J connectivity index is 2.00.